The highest BCUT2D eigenvalue weighted by molar-refractivity contribution is 5.95. The summed E-state index contributed by atoms with van der Waals surface area (Å²) in [5.41, 5.74) is 6.22. The Kier molecular flexibility index (Phi) is 11.7. The third kappa shape index (κ3) is 9.88. The van der Waals surface area contributed by atoms with Crippen LogP contribution >= 0.6 is 0 Å². The number of hydrogen-bond acceptors (Lipinski definition) is 7. The van der Waals surface area contributed by atoms with Gasteiger partial charge in [0.2, 0.25) is 17.7 Å². The van der Waals surface area contributed by atoms with E-state index in [-0.39, 0.29) is 25.6 Å². The highest BCUT2D eigenvalue weighted by Crippen LogP contribution is 2.34. The van der Waals surface area contributed by atoms with Crippen LogP contribution in [-0.4, -0.2) is 65.5 Å². The highest BCUT2D eigenvalue weighted by Gasteiger charge is 2.42. The van der Waals surface area contributed by atoms with Crippen LogP contribution in [0.25, 0.3) is 0 Å². The van der Waals surface area contributed by atoms with Crippen LogP contribution in [0.4, 0.5) is 4.79 Å². The molecular weight excluding hydrogens is 504 g/mol. The van der Waals surface area contributed by atoms with Crippen LogP contribution in [0.1, 0.15) is 83.9 Å². The average Bonchev–Trinajstić information content (AvgIpc) is 2.80. The predicted molar refractivity (Wildman–Crippen MR) is 144 cm³/mol. The van der Waals surface area contributed by atoms with Crippen LogP contribution in [-0.2, 0) is 35.1 Å². The number of hydrogen-bond donors (Lipinski definition) is 3. The summed E-state index contributed by atoms with van der Waals surface area (Å²) < 4.78 is 10.2. The van der Waals surface area contributed by atoms with Crippen LogP contribution in [0.3, 0.4) is 0 Å². The first-order valence-electron chi connectivity index (χ1n) is 13.5. The van der Waals surface area contributed by atoms with Crippen molar-refractivity contribution in [3.8, 4) is 0 Å². The average molecular weight is 547 g/mol. The number of primary amides is 1. The normalized spacial score (nSPS) is 14.8. The van der Waals surface area contributed by atoms with E-state index in [1.165, 1.54) is 4.90 Å². The van der Waals surface area contributed by atoms with Gasteiger partial charge in [0.1, 0.15) is 17.7 Å². The molecule has 0 aromatic heterocycles. The van der Waals surface area contributed by atoms with Crippen molar-refractivity contribution in [1.82, 2.24) is 15.5 Å². The van der Waals surface area contributed by atoms with Gasteiger partial charge in [0.15, 0.2) is 0 Å². The van der Waals surface area contributed by atoms with E-state index in [9.17, 15) is 24.0 Å². The number of ether oxygens (including phenoxy) is 2. The molecular formula is C28H42N4O7. The number of alkyl carbamates (subject to hydrolysis) is 1. The Balaban J connectivity index is 2.43. The Hall–Kier alpha value is -3.63. The molecule has 2 unspecified atom stereocenters. The molecule has 0 bridgehead atoms. The van der Waals surface area contributed by atoms with Crippen molar-refractivity contribution in [2.24, 2.45) is 5.73 Å². The van der Waals surface area contributed by atoms with Crippen molar-refractivity contribution in [2.45, 2.75) is 96.9 Å². The van der Waals surface area contributed by atoms with Crippen molar-refractivity contribution in [1.29, 1.82) is 0 Å². The summed E-state index contributed by atoms with van der Waals surface area (Å²) in [5.74, 6) is -2.34. The third-order valence-corrected chi connectivity index (χ3v) is 6.28. The molecule has 0 radical (unpaired) electrons. The first kappa shape index (κ1) is 31.6. The number of nitrogens with two attached hydrogens (primary N) is 1. The van der Waals surface area contributed by atoms with E-state index in [1.807, 2.05) is 19.1 Å². The topological polar surface area (TPSA) is 157 Å². The second-order valence-electron chi connectivity index (χ2n) is 10.5. The SMILES string of the molecule is CCOC(=O)CCNC(=O)C(c1ccc(CC)cc1)N(C(=O)C(CC(N)=O)NC(=O)OC(C)(C)C)C1CCC1. The first-order chi connectivity index (χ1) is 18.4. The number of esters is 1. The molecule has 1 aromatic rings. The summed E-state index contributed by atoms with van der Waals surface area (Å²) in [6.45, 7) is 8.99. The predicted octanol–water partition coefficient (Wildman–Crippen LogP) is 2.51. The summed E-state index contributed by atoms with van der Waals surface area (Å²) in [6.07, 6.45) is 1.60. The Morgan fingerprint density at radius 3 is 2.21 bits per heavy atom. The van der Waals surface area contributed by atoms with Gasteiger partial charge in [-0.1, -0.05) is 31.2 Å². The fraction of sp³-hybridized carbons (Fsp3) is 0.607. The standard InChI is InChI=1S/C28H42N4O7/c1-6-18-11-13-19(14-12-18)24(25(35)30-16-15-23(34)38-7-2)32(20-9-8-10-20)26(36)21(17-22(29)33)31-27(37)39-28(3,4)5/h11-14,20-21,24H,6-10,15-17H2,1-5H3,(H2,29,33)(H,30,35)(H,31,37). The molecule has 1 saturated carbocycles. The lowest BCUT2D eigenvalue weighted by Gasteiger charge is -2.43. The molecule has 0 saturated heterocycles. The molecule has 2 atom stereocenters. The van der Waals surface area contributed by atoms with Crippen molar-refractivity contribution < 1.29 is 33.4 Å². The summed E-state index contributed by atoms with van der Waals surface area (Å²) >= 11 is 0. The molecule has 2 rings (SSSR count). The van der Waals surface area contributed by atoms with Gasteiger partial charge in [-0.3, -0.25) is 19.2 Å². The molecule has 4 N–H and O–H groups in total. The van der Waals surface area contributed by atoms with Crippen LogP contribution in [0.2, 0.25) is 0 Å². The lowest BCUT2D eigenvalue weighted by atomic mass is 9.87. The zero-order valence-corrected chi connectivity index (χ0v) is 23.6. The van der Waals surface area contributed by atoms with E-state index >= 15 is 0 Å². The largest absolute Gasteiger partial charge is 0.466 e. The third-order valence-electron chi connectivity index (χ3n) is 6.28. The van der Waals surface area contributed by atoms with Gasteiger partial charge in [-0.05, 0) is 64.5 Å². The smallest absolute Gasteiger partial charge is 0.408 e. The van der Waals surface area contributed by atoms with E-state index < -0.39 is 53.9 Å². The fourth-order valence-electron chi connectivity index (χ4n) is 4.21. The van der Waals surface area contributed by atoms with Crippen LogP contribution in [0, 0.1) is 0 Å². The van der Waals surface area contributed by atoms with E-state index in [2.05, 4.69) is 10.6 Å². The number of nitrogens with zero attached hydrogens (tertiary/aromatic N) is 1. The number of benzene rings is 1. The zero-order valence-electron chi connectivity index (χ0n) is 23.6. The van der Waals surface area contributed by atoms with Crippen LogP contribution in [0.15, 0.2) is 24.3 Å². The molecule has 39 heavy (non-hydrogen) atoms. The highest BCUT2D eigenvalue weighted by atomic mass is 16.6. The minimum atomic E-state index is -1.33. The Morgan fingerprint density at radius 2 is 1.72 bits per heavy atom. The Labute approximate surface area is 230 Å². The monoisotopic (exact) mass is 546 g/mol. The number of nitrogens with one attached hydrogen (secondary N) is 2. The van der Waals surface area contributed by atoms with Crippen LogP contribution < -0.4 is 16.4 Å². The van der Waals surface area contributed by atoms with Crippen molar-refractivity contribution >= 4 is 29.8 Å². The maximum Gasteiger partial charge on any atom is 0.408 e. The summed E-state index contributed by atoms with van der Waals surface area (Å²) in [4.78, 5) is 65.3. The molecule has 11 nitrogen and oxygen atoms in total. The van der Waals surface area contributed by atoms with Crippen molar-refractivity contribution in [3.05, 3.63) is 35.4 Å². The van der Waals surface area contributed by atoms with E-state index in [0.717, 1.165) is 18.4 Å². The molecule has 4 amide bonds. The maximum atomic E-state index is 14.0. The van der Waals surface area contributed by atoms with Gasteiger partial charge in [-0.15, -0.1) is 0 Å². The summed E-state index contributed by atoms with van der Waals surface area (Å²) in [7, 11) is 0. The fourth-order valence-corrected chi connectivity index (χ4v) is 4.21. The van der Waals surface area contributed by atoms with Gasteiger partial charge >= 0.3 is 12.1 Å². The lowest BCUT2D eigenvalue weighted by Crippen LogP contribution is -2.58. The van der Waals surface area contributed by atoms with E-state index in [0.29, 0.717) is 18.4 Å². The molecule has 11 heteroatoms. The minimum Gasteiger partial charge on any atom is -0.466 e. The van der Waals surface area contributed by atoms with Crippen LogP contribution in [0.5, 0.6) is 0 Å². The van der Waals surface area contributed by atoms with Crippen molar-refractivity contribution in [2.75, 3.05) is 13.2 Å². The van der Waals surface area contributed by atoms with E-state index in [4.69, 9.17) is 15.2 Å². The molecule has 1 fully saturated rings. The number of amides is 4. The molecule has 1 aliphatic rings. The summed E-state index contributed by atoms with van der Waals surface area (Å²) in [5, 5.41) is 5.23. The number of rotatable bonds is 13. The summed E-state index contributed by atoms with van der Waals surface area (Å²) in [6, 6.07) is 4.67. The minimum absolute atomic E-state index is 0.0226. The zero-order chi connectivity index (χ0) is 29.2. The molecule has 0 spiro atoms. The second kappa shape index (κ2) is 14.5. The lowest BCUT2D eigenvalue weighted by molar-refractivity contribution is -0.148. The van der Waals surface area contributed by atoms with Gasteiger partial charge < -0.3 is 30.7 Å². The Morgan fingerprint density at radius 1 is 1.08 bits per heavy atom. The molecule has 0 aliphatic heterocycles. The van der Waals surface area contributed by atoms with Gasteiger partial charge in [-0.25, -0.2) is 4.79 Å². The van der Waals surface area contributed by atoms with Gasteiger partial charge in [0.25, 0.3) is 0 Å². The number of carbonyl (C=O) groups is 5. The quantitative estimate of drug-likeness (QED) is 0.321. The Bertz CT molecular complexity index is 1020. The second-order valence-corrected chi connectivity index (χ2v) is 10.5. The molecule has 216 valence electrons. The van der Waals surface area contributed by atoms with Gasteiger partial charge in [-0.2, -0.15) is 0 Å². The first-order valence-corrected chi connectivity index (χ1v) is 13.5. The van der Waals surface area contributed by atoms with Gasteiger partial charge in [0.05, 0.1) is 19.4 Å². The molecule has 1 aliphatic carbocycles. The maximum absolute atomic E-state index is 14.0. The van der Waals surface area contributed by atoms with E-state index in [1.54, 1.807) is 39.8 Å². The van der Waals surface area contributed by atoms with Crippen molar-refractivity contribution in [3.63, 3.8) is 0 Å². The molecule has 0 heterocycles. The number of carbonyl (C=O) groups excluding carboxylic acids is 5. The van der Waals surface area contributed by atoms with Gasteiger partial charge in [0, 0.05) is 12.6 Å². The molecule has 1 aromatic carbocycles. The number of aryl methyl sites for hydroxylation is 1.